The van der Waals surface area contributed by atoms with Gasteiger partial charge in [-0.25, -0.2) is 4.39 Å². The van der Waals surface area contributed by atoms with Crippen molar-refractivity contribution in [1.29, 1.82) is 0 Å². The summed E-state index contributed by atoms with van der Waals surface area (Å²) in [6.07, 6.45) is 0. The van der Waals surface area contributed by atoms with Gasteiger partial charge in [-0.2, -0.15) is 8.42 Å². The number of fused-ring (bicyclic) bond motifs is 1. The van der Waals surface area contributed by atoms with Gasteiger partial charge in [-0.3, -0.25) is 4.18 Å². The minimum atomic E-state index is -3.81. The Morgan fingerprint density at radius 1 is 1.06 bits per heavy atom. The monoisotopic (exact) mass is 240 g/mol. The second-order valence-electron chi connectivity index (χ2n) is 3.21. The second kappa shape index (κ2) is 3.84. The molecule has 0 radical (unpaired) electrons. The van der Waals surface area contributed by atoms with Crippen LogP contribution in [0.4, 0.5) is 4.39 Å². The van der Waals surface area contributed by atoms with Crippen molar-refractivity contribution in [3.05, 3.63) is 42.2 Å². The molecule has 0 saturated carbocycles. The SMILES string of the molecule is COS(=O)(=O)c1cccc2c(F)cccc12. The molecule has 0 aliphatic carbocycles. The number of hydrogen-bond donors (Lipinski definition) is 0. The standard InChI is InChI=1S/C11H9FO3S/c1-15-16(13,14)11-7-3-4-8-9(11)5-2-6-10(8)12/h2-7H,1H3. The summed E-state index contributed by atoms with van der Waals surface area (Å²) in [4.78, 5) is -0.0213. The highest BCUT2D eigenvalue weighted by Crippen LogP contribution is 2.25. The fourth-order valence-corrected chi connectivity index (χ4v) is 2.42. The van der Waals surface area contributed by atoms with E-state index >= 15 is 0 Å². The van der Waals surface area contributed by atoms with Gasteiger partial charge in [0.15, 0.2) is 0 Å². The van der Waals surface area contributed by atoms with Crippen molar-refractivity contribution < 1.29 is 17.0 Å². The topological polar surface area (TPSA) is 43.4 Å². The summed E-state index contributed by atoms with van der Waals surface area (Å²) < 4.78 is 41.0. The highest BCUT2D eigenvalue weighted by molar-refractivity contribution is 7.87. The van der Waals surface area contributed by atoms with Gasteiger partial charge in [0.2, 0.25) is 0 Å². The fourth-order valence-electron chi connectivity index (χ4n) is 1.55. The maximum atomic E-state index is 13.4. The van der Waals surface area contributed by atoms with Gasteiger partial charge in [0.25, 0.3) is 10.1 Å². The van der Waals surface area contributed by atoms with E-state index in [0.29, 0.717) is 5.39 Å². The molecule has 3 nitrogen and oxygen atoms in total. The lowest BCUT2D eigenvalue weighted by Crippen LogP contribution is -2.03. The average Bonchev–Trinajstić information content (AvgIpc) is 2.29. The van der Waals surface area contributed by atoms with Gasteiger partial charge in [0, 0.05) is 10.8 Å². The molecule has 16 heavy (non-hydrogen) atoms. The van der Waals surface area contributed by atoms with Crippen LogP contribution in [0.15, 0.2) is 41.3 Å². The molecule has 2 aromatic rings. The Labute approximate surface area is 92.6 Å². The summed E-state index contributed by atoms with van der Waals surface area (Å²) in [5.74, 6) is -0.453. The van der Waals surface area contributed by atoms with Gasteiger partial charge in [-0.15, -0.1) is 0 Å². The van der Waals surface area contributed by atoms with Crippen molar-refractivity contribution in [3.8, 4) is 0 Å². The van der Waals surface area contributed by atoms with Crippen LogP contribution in [-0.2, 0) is 14.3 Å². The first-order valence-corrected chi connectivity index (χ1v) is 5.95. The van der Waals surface area contributed by atoms with Gasteiger partial charge in [0.05, 0.1) is 7.11 Å². The third kappa shape index (κ3) is 1.68. The van der Waals surface area contributed by atoms with Crippen LogP contribution < -0.4 is 0 Å². The molecule has 0 N–H and O–H groups in total. The van der Waals surface area contributed by atoms with E-state index in [0.717, 1.165) is 7.11 Å². The normalized spacial score (nSPS) is 11.9. The quantitative estimate of drug-likeness (QED) is 0.756. The first-order chi connectivity index (χ1) is 7.56. The maximum Gasteiger partial charge on any atom is 0.297 e. The van der Waals surface area contributed by atoms with Gasteiger partial charge in [0.1, 0.15) is 10.7 Å². The lowest BCUT2D eigenvalue weighted by molar-refractivity contribution is 0.398. The third-order valence-corrected chi connectivity index (χ3v) is 3.65. The van der Waals surface area contributed by atoms with Crippen molar-refractivity contribution in [2.75, 3.05) is 7.11 Å². The Kier molecular flexibility index (Phi) is 2.65. The number of halogens is 1. The van der Waals surface area contributed by atoms with Crippen LogP contribution in [0.3, 0.4) is 0 Å². The van der Waals surface area contributed by atoms with Crippen LogP contribution in [0.5, 0.6) is 0 Å². The smallest absolute Gasteiger partial charge is 0.270 e. The Hall–Kier alpha value is -1.46. The molecule has 5 heteroatoms. The number of hydrogen-bond acceptors (Lipinski definition) is 3. The minimum Gasteiger partial charge on any atom is -0.270 e. The van der Waals surface area contributed by atoms with Gasteiger partial charge in [-0.1, -0.05) is 24.3 Å². The predicted molar refractivity (Wildman–Crippen MR) is 58.1 cm³/mol. The number of rotatable bonds is 2. The van der Waals surface area contributed by atoms with Crippen LogP contribution >= 0.6 is 0 Å². The fraction of sp³-hybridized carbons (Fsp3) is 0.0909. The Morgan fingerprint density at radius 3 is 2.38 bits per heavy atom. The summed E-state index contributed by atoms with van der Waals surface area (Å²) in [6.45, 7) is 0. The summed E-state index contributed by atoms with van der Waals surface area (Å²) in [5, 5.41) is 0.588. The third-order valence-electron chi connectivity index (χ3n) is 2.32. The van der Waals surface area contributed by atoms with Crippen molar-refractivity contribution in [1.82, 2.24) is 0 Å². The van der Waals surface area contributed by atoms with E-state index in [-0.39, 0.29) is 10.3 Å². The van der Waals surface area contributed by atoms with E-state index in [1.54, 1.807) is 6.07 Å². The first-order valence-electron chi connectivity index (χ1n) is 4.54. The zero-order valence-corrected chi connectivity index (χ0v) is 9.29. The first kappa shape index (κ1) is 11.0. The molecule has 0 aliphatic rings. The molecule has 0 unspecified atom stereocenters. The Morgan fingerprint density at radius 2 is 1.69 bits per heavy atom. The highest BCUT2D eigenvalue weighted by Gasteiger charge is 2.17. The summed E-state index contributed by atoms with van der Waals surface area (Å²) in [7, 11) is -2.73. The molecule has 0 spiro atoms. The van der Waals surface area contributed by atoms with Crippen LogP contribution in [0, 0.1) is 5.82 Å². The molecular weight excluding hydrogens is 231 g/mol. The zero-order valence-electron chi connectivity index (χ0n) is 8.48. The van der Waals surface area contributed by atoms with E-state index in [1.807, 2.05) is 0 Å². The van der Waals surface area contributed by atoms with E-state index in [2.05, 4.69) is 4.18 Å². The zero-order chi connectivity index (χ0) is 11.8. The van der Waals surface area contributed by atoms with Crippen LogP contribution in [0.25, 0.3) is 10.8 Å². The molecule has 0 aromatic heterocycles. The van der Waals surface area contributed by atoms with E-state index in [4.69, 9.17) is 0 Å². The molecule has 84 valence electrons. The molecule has 2 aromatic carbocycles. The largest absolute Gasteiger partial charge is 0.297 e. The van der Waals surface area contributed by atoms with Gasteiger partial charge < -0.3 is 0 Å². The molecule has 0 fully saturated rings. The van der Waals surface area contributed by atoms with Crippen molar-refractivity contribution >= 4 is 20.9 Å². The van der Waals surface area contributed by atoms with Crippen molar-refractivity contribution in [2.45, 2.75) is 4.90 Å². The maximum absolute atomic E-state index is 13.4. The molecular formula is C11H9FO3S. The van der Waals surface area contributed by atoms with E-state index < -0.39 is 15.9 Å². The van der Waals surface area contributed by atoms with Crippen LogP contribution in [0.1, 0.15) is 0 Å². The number of benzene rings is 2. The van der Waals surface area contributed by atoms with Gasteiger partial charge >= 0.3 is 0 Å². The molecule has 0 atom stereocenters. The minimum absolute atomic E-state index is 0.0213. The van der Waals surface area contributed by atoms with E-state index in [1.165, 1.54) is 30.3 Å². The molecule has 0 amide bonds. The second-order valence-corrected chi connectivity index (χ2v) is 4.89. The molecule has 0 heterocycles. The van der Waals surface area contributed by atoms with Crippen LogP contribution in [-0.4, -0.2) is 15.5 Å². The molecule has 0 aliphatic heterocycles. The van der Waals surface area contributed by atoms with Crippen molar-refractivity contribution in [2.24, 2.45) is 0 Å². The predicted octanol–water partition coefficient (Wildman–Crippen LogP) is 2.31. The Bertz CT molecular complexity index is 635. The Balaban J connectivity index is 2.88. The molecule has 2 rings (SSSR count). The molecule has 0 bridgehead atoms. The summed E-state index contributed by atoms with van der Waals surface area (Å²) in [6, 6.07) is 8.69. The average molecular weight is 240 g/mol. The summed E-state index contributed by atoms with van der Waals surface area (Å²) in [5.41, 5.74) is 0. The van der Waals surface area contributed by atoms with Crippen molar-refractivity contribution in [3.63, 3.8) is 0 Å². The highest BCUT2D eigenvalue weighted by atomic mass is 32.2. The van der Waals surface area contributed by atoms with Gasteiger partial charge in [-0.05, 0) is 12.1 Å². The lowest BCUT2D eigenvalue weighted by atomic mass is 10.1. The summed E-state index contributed by atoms with van der Waals surface area (Å²) >= 11 is 0. The lowest BCUT2D eigenvalue weighted by Gasteiger charge is -2.06. The van der Waals surface area contributed by atoms with E-state index in [9.17, 15) is 12.8 Å². The molecule has 0 saturated heterocycles. The van der Waals surface area contributed by atoms with Crippen LogP contribution in [0.2, 0.25) is 0 Å².